The van der Waals surface area contributed by atoms with E-state index in [0.29, 0.717) is 5.04 Å². The summed E-state index contributed by atoms with van der Waals surface area (Å²) in [6, 6.07) is 1.34. The van der Waals surface area contributed by atoms with E-state index in [2.05, 4.69) is 27.7 Å². The minimum Gasteiger partial charge on any atom is -0.171 e. The maximum absolute atomic E-state index is 6.83. The Labute approximate surface area is 148 Å². The van der Waals surface area contributed by atoms with Crippen LogP contribution in [-0.2, 0) is 0 Å². The van der Waals surface area contributed by atoms with Crippen molar-refractivity contribution in [1.82, 2.24) is 0 Å². The fourth-order valence-electron chi connectivity index (χ4n) is 3.19. The predicted molar refractivity (Wildman–Crippen MR) is 108 cm³/mol. The van der Waals surface area contributed by atoms with Crippen molar-refractivity contribution in [3.05, 3.63) is 0 Å². The van der Waals surface area contributed by atoms with Gasteiger partial charge in [-0.1, -0.05) is 111 Å². The predicted octanol–water partition coefficient (Wildman–Crippen LogP) is 8.23. The molecule has 0 fully saturated rings. The number of unbranched alkanes of at least 4 members (excludes halogenated alkanes) is 11. The zero-order valence-corrected chi connectivity index (χ0v) is 18.0. The molecule has 0 aliphatic heterocycles. The largest absolute Gasteiger partial charge is 0.171 e. The number of hydrogen-bond donors (Lipinski definition) is 0. The van der Waals surface area contributed by atoms with Crippen molar-refractivity contribution in [2.75, 3.05) is 0 Å². The highest BCUT2D eigenvalue weighted by Gasteiger charge is 2.28. The molecule has 0 aromatic rings. The van der Waals surface area contributed by atoms with Crippen LogP contribution in [0.3, 0.4) is 0 Å². The molecule has 0 rings (SSSR count). The topological polar surface area (TPSA) is 0 Å². The van der Waals surface area contributed by atoms with E-state index in [1.807, 2.05) is 0 Å². The molecule has 0 nitrogen and oxygen atoms in total. The molecule has 0 radical (unpaired) electrons. The van der Waals surface area contributed by atoms with Crippen LogP contribution in [0.2, 0.25) is 11.1 Å². The third-order valence-electron chi connectivity index (χ3n) is 5.08. The van der Waals surface area contributed by atoms with Gasteiger partial charge < -0.3 is 0 Å². The molecule has 2 heteroatoms. The minimum atomic E-state index is -1.07. The third kappa shape index (κ3) is 13.0. The van der Waals surface area contributed by atoms with Gasteiger partial charge in [-0.2, -0.15) is 11.1 Å². The van der Waals surface area contributed by atoms with Gasteiger partial charge in [-0.15, -0.1) is 0 Å². The molecule has 0 bridgehead atoms. The smallest absolute Gasteiger partial charge is 0.146 e. The molecule has 0 saturated heterocycles. The van der Waals surface area contributed by atoms with E-state index in [0.717, 1.165) is 0 Å². The zero-order chi connectivity index (χ0) is 16.7. The molecule has 1 unspecified atom stereocenters. The monoisotopic (exact) mass is 346 g/mol. The van der Waals surface area contributed by atoms with Crippen molar-refractivity contribution in [2.45, 2.75) is 129 Å². The molecule has 0 heterocycles. The van der Waals surface area contributed by atoms with Crippen LogP contribution in [0.4, 0.5) is 0 Å². The first-order valence-electron chi connectivity index (χ1n) is 10.2. The van der Waals surface area contributed by atoms with Crippen LogP contribution in [-0.4, -0.2) is 8.11 Å². The van der Waals surface area contributed by atoms with Crippen LogP contribution >= 0.6 is 11.1 Å². The first-order valence-corrected chi connectivity index (χ1v) is 13.3. The van der Waals surface area contributed by atoms with E-state index < -0.39 is 8.11 Å². The fraction of sp³-hybridized carbons (Fsp3) is 1.00. The Morgan fingerprint density at radius 3 is 1.55 bits per heavy atom. The van der Waals surface area contributed by atoms with Crippen molar-refractivity contribution in [3.8, 4) is 0 Å². The lowest BCUT2D eigenvalue weighted by Gasteiger charge is -2.29. The second-order valence-corrected chi connectivity index (χ2v) is 12.5. The normalized spacial score (nSPS) is 13.5. The Kier molecular flexibility index (Phi) is 15.4. The van der Waals surface area contributed by atoms with E-state index in [1.165, 1.54) is 95.9 Å². The average Bonchev–Trinajstić information content (AvgIpc) is 2.49. The Morgan fingerprint density at radius 1 is 0.636 bits per heavy atom. The first kappa shape index (κ1) is 22.5. The van der Waals surface area contributed by atoms with Crippen LogP contribution < -0.4 is 0 Å². The van der Waals surface area contributed by atoms with Gasteiger partial charge in [-0.05, 0) is 17.5 Å². The summed E-state index contributed by atoms with van der Waals surface area (Å²) >= 11 is 6.83. The van der Waals surface area contributed by atoms with E-state index >= 15 is 0 Å². The number of rotatable bonds is 16. The molecular weight excluding hydrogens is 304 g/mol. The Morgan fingerprint density at radius 2 is 1.05 bits per heavy atom. The first-order chi connectivity index (χ1) is 10.5. The van der Waals surface area contributed by atoms with E-state index in [9.17, 15) is 0 Å². The van der Waals surface area contributed by atoms with Crippen LogP contribution in [0.5, 0.6) is 0 Å². The van der Waals surface area contributed by atoms with Crippen LogP contribution in [0.15, 0.2) is 0 Å². The molecule has 0 N–H and O–H groups in total. The third-order valence-corrected chi connectivity index (χ3v) is 10.4. The van der Waals surface area contributed by atoms with Crippen LogP contribution in [0.1, 0.15) is 118 Å². The maximum Gasteiger partial charge on any atom is 0.146 e. The molecule has 0 saturated carbocycles. The molecular formula is C20H43ClSi. The summed E-state index contributed by atoms with van der Waals surface area (Å²) in [5, 5.41) is 0.453. The molecule has 0 aromatic carbocycles. The summed E-state index contributed by atoms with van der Waals surface area (Å²) in [6.45, 7) is 9.45. The maximum atomic E-state index is 6.83. The van der Waals surface area contributed by atoms with E-state index in [-0.39, 0.29) is 0 Å². The van der Waals surface area contributed by atoms with Crippen LogP contribution in [0, 0.1) is 0 Å². The Bertz CT molecular complexity index is 228. The summed E-state index contributed by atoms with van der Waals surface area (Å²) in [4.78, 5) is 0. The lowest BCUT2D eigenvalue weighted by molar-refractivity contribution is 0.516. The highest BCUT2D eigenvalue weighted by atomic mass is 35.6. The lowest BCUT2D eigenvalue weighted by atomic mass is 10.0. The average molecular weight is 347 g/mol. The van der Waals surface area contributed by atoms with Crippen LogP contribution in [0.25, 0.3) is 0 Å². The molecule has 0 amide bonds. The second-order valence-electron chi connectivity index (χ2n) is 7.88. The number of halogens is 1. The molecule has 0 spiro atoms. The van der Waals surface area contributed by atoms with E-state index in [1.54, 1.807) is 0 Å². The van der Waals surface area contributed by atoms with Crippen molar-refractivity contribution >= 4 is 19.2 Å². The summed E-state index contributed by atoms with van der Waals surface area (Å²) in [7, 11) is -1.07. The van der Waals surface area contributed by atoms with Gasteiger partial charge in [0, 0.05) is 0 Å². The minimum absolute atomic E-state index is 0.453. The van der Waals surface area contributed by atoms with Gasteiger partial charge >= 0.3 is 0 Å². The molecule has 0 aliphatic rings. The van der Waals surface area contributed by atoms with Gasteiger partial charge in [-0.3, -0.25) is 0 Å². The Balaban J connectivity index is 3.59. The molecule has 134 valence electrons. The van der Waals surface area contributed by atoms with Gasteiger partial charge in [0.05, 0.1) is 0 Å². The van der Waals surface area contributed by atoms with Gasteiger partial charge in [0.1, 0.15) is 8.11 Å². The van der Waals surface area contributed by atoms with Crippen molar-refractivity contribution in [3.63, 3.8) is 0 Å². The fourth-order valence-corrected chi connectivity index (χ4v) is 5.93. The summed E-state index contributed by atoms with van der Waals surface area (Å²) < 4.78 is 0. The molecule has 0 aromatic heterocycles. The highest BCUT2D eigenvalue weighted by Crippen LogP contribution is 2.39. The summed E-state index contributed by atoms with van der Waals surface area (Å²) in [6.07, 6.45) is 19.6. The zero-order valence-electron chi connectivity index (χ0n) is 16.1. The van der Waals surface area contributed by atoms with Gasteiger partial charge in [-0.25, -0.2) is 0 Å². The van der Waals surface area contributed by atoms with Crippen molar-refractivity contribution in [1.29, 1.82) is 0 Å². The quantitative estimate of drug-likeness (QED) is 0.150. The van der Waals surface area contributed by atoms with E-state index in [4.69, 9.17) is 11.1 Å². The van der Waals surface area contributed by atoms with Crippen molar-refractivity contribution in [2.24, 2.45) is 0 Å². The van der Waals surface area contributed by atoms with Gasteiger partial charge in [0.2, 0.25) is 0 Å². The lowest BCUT2D eigenvalue weighted by Crippen LogP contribution is -2.22. The summed E-state index contributed by atoms with van der Waals surface area (Å²) in [5.74, 6) is 0. The van der Waals surface area contributed by atoms with Gasteiger partial charge in [0.25, 0.3) is 0 Å². The summed E-state index contributed by atoms with van der Waals surface area (Å²) in [5.41, 5.74) is 0. The molecule has 22 heavy (non-hydrogen) atoms. The SMILES string of the molecule is CCCCCCCCCC(C)(C)[SiH](Cl)CCCCCCCC. The van der Waals surface area contributed by atoms with Crippen molar-refractivity contribution < 1.29 is 0 Å². The van der Waals surface area contributed by atoms with Gasteiger partial charge in [0.15, 0.2) is 0 Å². The molecule has 0 aliphatic carbocycles. The Hall–Kier alpha value is 0.507. The second kappa shape index (κ2) is 15.1. The standard InChI is InChI=1S/C20H43ClSi/c1-5-7-9-11-13-14-16-18-20(3,4)22(21)19-17-15-12-10-8-6-2/h22H,5-19H2,1-4H3. The number of hydrogen-bond acceptors (Lipinski definition) is 0. The molecule has 1 atom stereocenters. The highest BCUT2D eigenvalue weighted by molar-refractivity contribution is 7.08.